The first kappa shape index (κ1) is 38.7. The van der Waals surface area contributed by atoms with E-state index in [1.807, 2.05) is 6.08 Å². The van der Waals surface area contributed by atoms with Crippen LogP contribution < -0.4 is 11.1 Å². The molecule has 8 nitrogen and oxygen atoms in total. The van der Waals surface area contributed by atoms with Gasteiger partial charge >= 0.3 is 7.82 Å². The van der Waals surface area contributed by atoms with Crippen LogP contribution in [0.2, 0.25) is 0 Å². The predicted molar refractivity (Wildman–Crippen MR) is 166 cm³/mol. The fraction of sp³-hybridized carbons (Fsp3) is 0.774. The molecule has 0 aliphatic rings. The lowest BCUT2D eigenvalue weighted by atomic mass is 10.1. The minimum Gasteiger partial charge on any atom is -0.387 e. The zero-order valence-electron chi connectivity index (χ0n) is 25.3. The van der Waals surface area contributed by atoms with Crippen LogP contribution in [0.5, 0.6) is 0 Å². The summed E-state index contributed by atoms with van der Waals surface area (Å²) < 4.78 is 21.8. The van der Waals surface area contributed by atoms with Crippen LogP contribution in [0.25, 0.3) is 0 Å². The average molecular weight is 587 g/mol. The standard InChI is InChI=1S/C31H59N2O6P/c1-3-5-7-9-11-13-15-16-18-20-22-24-30(34)29(28-39-40(36,37)38-27-26-32)33-31(35)25-23-21-19-17-14-12-10-8-6-4-2/h7,9,15-16,22,24,29-30,34H,3-6,8,10-14,17-21,23,25-28,32H2,1-2H3,(H,33,35)(H,36,37)/b9-7+,16-15+,24-22+. The molecule has 0 heterocycles. The third kappa shape index (κ3) is 25.7. The van der Waals surface area contributed by atoms with Crippen molar-refractivity contribution < 1.29 is 28.4 Å². The van der Waals surface area contributed by atoms with E-state index in [0.29, 0.717) is 6.42 Å². The lowest BCUT2D eigenvalue weighted by Crippen LogP contribution is -2.45. The Morgan fingerprint density at radius 2 is 1.32 bits per heavy atom. The Bertz CT molecular complexity index is 729. The van der Waals surface area contributed by atoms with Gasteiger partial charge in [-0.1, -0.05) is 115 Å². The summed E-state index contributed by atoms with van der Waals surface area (Å²) in [6.45, 7) is 3.97. The van der Waals surface area contributed by atoms with Crippen molar-refractivity contribution in [3.8, 4) is 0 Å². The van der Waals surface area contributed by atoms with Gasteiger partial charge in [0, 0.05) is 13.0 Å². The van der Waals surface area contributed by atoms with E-state index >= 15 is 0 Å². The Kier molecular flexibility index (Phi) is 27.0. The van der Waals surface area contributed by atoms with Crippen LogP contribution in [0.4, 0.5) is 0 Å². The summed E-state index contributed by atoms with van der Waals surface area (Å²) >= 11 is 0. The number of carbonyl (C=O) groups excluding carboxylic acids is 1. The van der Waals surface area contributed by atoms with E-state index in [2.05, 4.69) is 43.5 Å². The number of hydrogen-bond donors (Lipinski definition) is 4. The molecule has 0 aromatic carbocycles. The highest BCUT2D eigenvalue weighted by atomic mass is 31.2. The maximum absolute atomic E-state index is 12.6. The van der Waals surface area contributed by atoms with Crippen LogP contribution >= 0.6 is 7.82 Å². The number of nitrogens with two attached hydrogens (primary N) is 1. The van der Waals surface area contributed by atoms with Gasteiger partial charge in [0.25, 0.3) is 0 Å². The molecule has 9 heteroatoms. The van der Waals surface area contributed by atoms with Gasteiger partial charge in [-0.15, -0.1) is 0 Å². The third-order valence-corrected chi connectivity index (χ3v) is 7.41. The first-order valence-electron chi connectivity index (χ1n) is 15.6. The molecule has 0 aromatic rings. The summed E-state index contributed by atoms with van der Waals surface area (Å²) in [6.07, 6.45) is 29.1. The molecule has 5 N–H and O–H groups in total. The molecule has 0 bridgehead atoms. The molecule has 0 spiro atoms. The molecule has 0 rings (SSSR count). The van der Waals surface area contributed by atoms with Crippen molar-refractivity contribution in [1.29, 1.82) is 0 Å². The van der Waals surface area contributed by atoms with Crippen LogP contribution in [0.15, 0.2) is 36.5 Å². The topological polar surface area (TPSA) is 131 Å². The van der Waals surface area contributed by atoms with Gasteiger partial charge < -0.3 is 21.1 Å². The monoisotopic (exact) mass is 586 g/mol. The molecule has 0 aliphatic carbocycles. The highest BCUT2D eigenvalue weighted by molar-refractivity contribution is 7.47. The molecule has 3 atom stereocenters. The van der Waals surface area contributed by atoms with Crippen molar-refractivity contribution in [3.05, 3.63) is 36.5 Å². The first-order chi connectivity index (χ1) is 19.4. The maximum atomic E-state index is 12.6. The number of phosphoric acid groups is 1. The number of allylic oxidation sites excluding steroid dienone is 5. The molecule has 234 valence electrons. The number of amides is 1. The van der Waals surface area contributed by atoms with Crippen LogP contribution in [0, 0.1) is 0 Å². The van der Waals surface area contributed by atoms with Gasteiger partial charge in [0.1, 0.15) is 0 Å². The van der Waals surface area contributed by atoms with Gasteiger partial charge in [-0.25, -0.2) is 4.57 Å². The minimum absolute atomic E-state index is 0.0717. The molecule has 0 saturated heterocycles. The number of nitrogens with one attached hydrogen (secondary N) is 1. The number of aliphatic hydroxyl groups excluding tert-OH is 1. The molecule has 3 unspecified atom stereocenters. The number of rotatable bonds is 28. The van der Waals surface area contributed by atoms with Gasteiger partial charge in [0.15, 0.2) is 0 Å². The van der Waals surface area contributed by atoms with Crippen LogP contribution in [-0.2, 0) is 18.4 Å². The maximum Gasteiger partial charge on any atom is 0.472 e. The molecule has 0 aliphatic heterocycles. The molecule has 0 radical (unpaired) electrons. The molecule has 40 heavy (non-hydrogen) atoms. The Hall–Kier alpha value is -1.28. The lowest BCUT2D eigenvalue weighted by Gasteiger charge is -2.23. The molecular weight excluding hydrogens is 527 g/mol. The third-order valence-electron chi connectivity index (χ3n) is 6.43. The second-order valence-electron chi connectivity index (χ2n) is 10.3. The minimum atomic E-state index is -4.33. The lowest BCUT2D eigenvalue weighted by molar-refractivity contribution is -0.123. The Balaban J connectivity index is 4.54. The Labute approximate surface area is 244 Å². The van der Waals surface area contributed by atoms with E-state index < -0.39 is 20.0 Å². The summed E-state index contributed by atoms with van der Waals surface area (Å²) in [7, 11) is -4.33. The van der Waals surface area contributed by atoms with Crippen molar-refractivity contribution in [3.63, 3.8) is 0 Å². The number of phosphoric ester groups is 1. The van der Waals surface area contributed by atoms with E-state index in [-0.39, 0.29) is 25.7 Å². The molecular formula is C31H59N2O6P. The van der Waals surface area contributed by atoms with E-state index in [9.17, 15) is 19.4 Å². The van der Waals surface area contributed by atoms with Crippen molar-refractivity contribution in [2.75, 3.05) is 19.8 Å². The van der Waals surface area contributed by atoms with Crippen LogP contribution in [-0.4, -0.2) is 47.8 Å². The van der Waals surface area contributed by atoms with Crippen molar-refractivity contribution in [2.24, 2.45) is 5.73 Å². The second kappa shape index (κ2) is 27.9. The van der Waals surface area contributed by atoms with Crippen molar-refractivity contribution >= 4 is 13.7 Å². The molecule has 0 fully saturated rings. The second-order valence-corrected chi connectivity index (χ2v) is 11.8. The SMILES string of the molecule is CCC/C=C/CC/C=C/CC/C=C/C(O)C(COP(=O)(O)OCCN)NC(=O)CCCCCCCCCCCC. The predicted octanol–water partition coefficient (Wildman–Crippen LogP) is 7.26. The Morgan fingerprint density at radius 1 is 0.800 bits per heavy atom. The first-order valence-corrected chi connectivity index (χ1v) is 17.1. The summed E-state index contributed by atoms with van der Waals surface area (Å²) in [5.41, 5.74) is 5.32. The van der Waals surface area contributed by atoms with Crippen LogP contribution in [0.3, 0.4) is 0 Å². The van der Waals surface area contributed by atoms with Gasteiger partial charge in [0.2, 0.25) is 5.91 Å². The fourth-order valence-electron chi connectivity index (χ4n) is 4.05. The summed E-state index contributed by atoms with van der Waals surface area (Å²) in [5.74, 6) is -0.216. The molecule has 0 saturated carbocycles. The Morgan fingerprint density at radius 3 is 1.88 bits per heavy atom. The zero-order chi connectivity index (χ0) is 29.7. The van der Waals surface area contributed by atoms with Gasteiger partial charge in [0.05, 0.1) is 25.4 Å². The van der Waals surface area contributed by atoms with E-state index in [1.165, 1.54) is 51.4 Å². The number of carbonyl (C=O) groups is 1. The number of hydrogen-bond acceptors (Lipinski definition) is 6. The fourth-order valence-corrected chi connectivity index (χ4v) is 4.81. The van der Waals surface area contributed by atoms with Gasteiger partial charge in [-0.3, -0.25) is 13.8 Å². The number of unbranched alkanes of at least 4 members (excludes halogenated alkanes) is 12. The van der Waals surface area contributed by atoms with Gasteiger partial charge in [-0.05, 0) is 38.5 Å². The zero-order valence-corrected chi connectivity index (χ0v) is 26.2. The normalized spacial score (nSPS) is 15.2. The smallest absolute Gasteiger partial charge is 0.387 e. The summed E-state index contributed by atoms with van der Waals surface area (Å²) in [5, 5.41) is 13.4. The van der Waals surface area contributed by atoms with Crippen LogP contribution in [0.1, 0.15) is 123 Å². The quantitative estimate of drug-likeness (QED) is 0.0431. The average Bonchev–Trinajstić information content (AvgIpc) is 2.93. The van der Waals surface area contributed by atoms with E-state index in [0.717, 1.165) is 51.4 Å². The highest BCUT2D eigenvalue weighted by Crippen LogP contribution is 2.43. The van der Waals surface area contributed by atoms with Crippen molar-refractivity contribution in [2.45, 2.75) is 135 Å². The summed E-state index contributed by atoms with van der Waals surface area (Å²) in [4.78, 5) is 22.4. The van der Waals surface area contributed by atoms with Gasteiger partial charge in [-0.2, -0.15) is 0 Å². The number of aliphatic hydroxyl groups is 1. The van der Waals surface area contributed by atoms with E-state index in [1.54, 1.807) is 6.08 Å². The largest absolute Gasteiger partial charge is 0.472 e. The highest BCUT2D eigenvalue weighted by Gasteiger charge is 2.26. The van der Waals surface area contributed by atoms with E-state index in [4.69, 9.17) is 14.8 Å². The molecule has 1 amide bonds. The molecule has 0 aromatic heterocycles. The summed E-state index contributed by atoms with van der Waals surface area (Å²) in [6, 6.07) is -0.876. The van der Waals surface area contributed by atoms with Crippen molar-refractivity contribution in [1.82, 2.24) is 5.32 Å².